The Hall–Kier alpha value is -0.660. The zero-order valence-corrected chi connectivity index (χ0v) is 9.04. The van der Waals surface area contributed by atoms with E-state index in [0.717, 1.165) is 4.31 Å². The Morgan fingerprint density at radius 1 is 1.50 bits per heavy atom. The van der Waals surface area contributed by atoms with E-state index in [1.165, 1.54) is 0 Å². The van der Waals surface area contributed by atoms with Gasteiger partial charge in [-0.2, -0.15) is 12.7 Å². The third-order valence-electron chi connectivity index (χ3n) is 2.08. The summed E-state index contributed by atoms with van der Waals surface area (Å²) in [6.07, 6.45) is 0. The Balaban J connectivity index is 2.33. The lowest BCUT2D eigenvalue weighted by Gasteiger charge is -2.37. The summed E-state index contributed by atoms with van der Waals surface area (Å²) in [5.41, 5.74) is 0. The second-order valence-electron chi connectivity index (χ2n) is 3.72. The molecule has 0 aromatic heterocycles. The fraction of sp³-hybridized carbons (Fsp3) is 0.857. The highest BCUT2D eigenvalue weighted by atomic mass is 32.2. The van der Waals surface area contributed by atoms with Crippen molar-refractivity contribution in [3.63, 3.8) is 0 Å². The van der Waals surface area contributed by atoms with Crippen molar-refractivity contribution >= 4 is 16.1 Å². The molecular formula is C7H15N3O3S. The lowest BCUT2D eigenvalue weighted by atomic mass is 10.1. The molecule has 14 heavy (non-hydrogen) atoms. The Labute approximate surface area is 83.6 Å². The summed E-state index contributed by atoms with van der Waals surface area (Å²) >= 11 is 0. The molecule has 0 bridgehead atoms. The lowest BCUT2D eigenvalue weighted by molar-refractivity contribution is -0.125. The predicted octanol–water partition coefficient (Wildman–Crippen LogP) is -1.35. The molecule has 0 aliphatic carbocycles. The number of carbonyl (C=O) groups excluding carboxylic acids is 1. The number of nitrogens with zero attached hydrogens (tertiary/aromatic N) is 1. The molecule has 1 aliphatic heterocycles. The second kappa shape index (κ2) is 3.84. The van der Waals surface area contributed by atoms with E-state index in [4.69, 9.17) is 5.14 Å². The average Bonchev–Trinajstić information content (AvgIpc) is 1.92. The van der Waals surface area contributed by atoms with E-state index in [9.17, 15) is 13.2 Å². The summed E-state index contributed by atoms with van der Waals surface area (Å²) < 4.78 is 22.7. The van der Waals surface area contributed by atoms with Crippen molar-refractivity contribution in [1.82, 2.24) is 9.62 Å². The van der Waals surface area contributed by atoms with Crippen molar-refractivity contribution in [2.24, 2.45) is 11.1 Å². The summed E-state index contributed by atoms with van der Waals surface area (Å²) in [5, 5.41) is 7.60. The van der Waals surface area contributed by atoms with Crippen LogP contribution in [0.3, 0.4) is 0 Å². The maximum atomic E-state index is 11.2. The number of nitrogens with one attached hydrogen (secondary N) is 1. The van der Waals surface area contributed by atoms with Crippen LogP contribution in [0.4, 0.5) is 0 Å². The van der Waals surface area contributed by atoms with Gasteiger partial charge in [0.05, 0.1) is 6.04 Å². The standard InChI is InChI=1S/C7H15N3O3S/c1-5(2)7(11)9-6-3-10(4-6)14(8,12)13/h5-6H,3-4H2,1-2H3,(H,9,11)(H2,8,12,13). The van der Waals surface area contributed by atoms with E-state index < -0.39 is 10.2 Å². The number of hydrogen-bond acceptors (Lipinski definition) is 3. The molecule has 7 heteroatoms. The fourth-order valence-electron chi connectivity index (χ4n) is 1.11. The van der Waals surface area contributed by atoms with Gasteiger partial charge in [-0.15, -0.1) is 0 Å². The number of hydrogen-bond donors (Lipinski definition) is 2. The molecule has 1 amide bonds. The summed E-state index contributed by atoms with van der Waals surface area (Å²) in [6.45, 7) is 4.12. The highest BCUT2D eigenvalue weighted by Crippen LogP contribution is 2.10. The molecule has 0 atom stereocenters. The first-order valence-electron chi connectivity index (χ1n) is 4.39. The van der Waals surface area contributed by atoms with Crippen molar-refractivity contribution in [1.29, 1.82) is 0 Å². The summed E-state index contributed by atoms with van der Waals surface area (Å²) in [4.78, 5) is 11.2. The van der Waals surface area contributed by atoms with Crippen LogP contribution in [0.2, 0.25) is 0 Å². The normalized spacial score (nSPS) is 19.4. The van der Waals surface area contributed by atoms with Crippen molar-refractivity contribution < 1.29 is 13.2 Å². The Bertz CT molecular complexity index is 319. The van der Waals surface area contributed by atoms with Crippen LogP contribution in [0.5, 0.6) is 0 Å². The third-order valence-corrected chi connectivity index (χ3v) is 3.10. The number of amides is 1. The van der Waals surface area contributed by atoms with Gasteiger partial charge in [0.1, 0.15) is 0 Å². The molecule has 1 heterocycles. The van der Waals surface area contributed by atoms with Crippen LogP contribution in [-0.2, 0) is 15.0 Å². The molecule has 1 rings (SSSR count). The van der Waals surface area contributed by atoms with Gasteiger partial charge < -0.3 is 5.32 Å². The van der Waals surface area contributed by atoms with E-state index in [2.05, 4.69) is 5.32 Å². The molecule has 0 unspecified atom stereocenters. The maximum Gasteiger partial charge on any atom is 0.277 e. The van der Waals surface area contributed by atoms with E-state index >= 15 is 0 Å². The van der Waals surface area contributed by atoms with Gasteiger partial charge in [-0.05, 0) is 0 Å². The van der Waals surface area contributed by atoms with Crippen LogP contribution in [0.1, 0.15) is 13.8 Å². The van der Waals surface area contributed by atoms with Crippen molar-refractivity contribution in [3.8, 4) is 0 Å². The highest BCUT2D eigenvalue weighted by molar-refractivity contribution is 7.86. The van der Waals surface area contributed by atoms with Gasteiger partial charge in [0, 0.05) is 19.0 Å². The smallest absolute Gasteiger partial charge is 0.277 e. The molecule has 6 nitrogen and oxygen atoms in total. The minimum absolute atomic E-state index is 0.0657. The van der Waals surface area contributed by atoms with Crippen LogP contribution in [0.15, 0.2) is 0 Å². The Morgan fingerprint density at radius 2 is 2.00 bits per heavy atom. The molecule has 1 fully saturated rings. The summed E-state index contributed by atoms with van der Waals surface area (Å²) in [6, 6.07) is -0.0942. The van der Waals surface area contributed by atoms with Crippen molar-refractivity contribution in [2.45, 2.75) is 19.9 Å². The van der Waals surface area contributed by atoms with E-state index in [-0.39, 0.29) is 31.0 Å². The van der Waals surface area contributed by atoms with Crippen molar-refractivity contribution in [3.05, 3.63) is 0 Å². The van der Waals surface area contributed by atoms with Gasteiger partial charge in [0.25, 0.3) is 10.2 Å². The molecule has 0 aromatic carbocycles. The first kappa shape index (κ1) is 11.4. The molecule has 82 valence electrons. The Kier molecular flexibility index (Phi) is 3.13. The average molecular weight is 221 g/mol. The van der Waals surface area contributed by atoms with Gasteiger partial charge in [0.2, 0.25) is 5.91 Å². The molecule has 0 saturated carbocycles. The SMILES string of the molecule is CC(C)C(=O)NC1CN(S(N)(=O)=O)C1. The van der Waals surface area contributed by atoms with Crippen LogP contribution >= 0.6 is 0 Å². The van der Waals surface area contributed by atoms with Gasteiger partial charge >= 0.3 is 0 Å². The first-order chi connectivity index (χ1) is 6.30. The van der Waals surface area contributed by atoms with Crippen LogP contribution in [0, 0.1) is 5.92 Å². The van der Waals surface area contributed by atoms with Gasteiger partial charge in [-0.1, -0.05) is 13.8 Å². The van der Waals surface area contributed by atoms with Gasteiger partial charge in [-0.3, -0.25) is 4.79 Å². The van der Waals surface area contributed by atoms with Crippen LogP contribution in [-0.4, -0.2) is 37.8 Å². The molecule has 0 spiro atoms. The van der Waals surface area contributed by atoms with Gasteiger partial charge in [0.15, 0.2) is 0 Å². The zero-order chi connectivity index (χ0) is 10.9. The lowest BCUT2D eigenvalue weighted by Crippen LogP contribution is -2.62. The summed E-state index contributed by atoms with van der Waals surface area (Å²) in [7, 11) is -3.57. The second-order valence-corrected chi connectivity index (χ2v) is 5.27. The van der Waals surface area contributed by atoms with E-state index in [1.54, 1.807) is 13.8 Å². The van der Waals surface area contributed by atoms with Gasteiger partial charge in [-0.25, -0.2) is 5.14 Å². The largest absolute Gasteiger partial charge is 0.350 e. The Morgan fingerprint density at radius 3 is 2.36 bits per heavy atom. The van der Waals surface area contributed by atoms with Crippen LogP contribution in [0.25, 0.3) is 0 Å². The van der Waals surface area contributed by atoms with E-state index in [0.29, 0.717) is 0 Å². The molecule has 1 saturated heterocycles. The first-order valence-corrected chi connectivity index (χ1v) is 5.89. The number of carbonyl (C=O) groups is 1. The maximum absolute atomic E-state index is 11.2. The quantitative estimate of drug-likeness (QED) is 0.617. The monoisotopic (exact) mass is 221 g/mol. The minimum atomic E-state index is -3.57. The molecule has 1 aliphatic rings. The van der Waals surface area contributed by atoms with Crippen LogP contribution < -0.4 is 10.5 Å². The summed E-state index contributed by atoms with van der Waals surface area (Å²) in [5.74, 6) is -0.150. The number of rotatable bonds is 3. The third kappa shape index (κ3) is 2.66. The van der Waals surface area contributed by atoms with Crippen molar-refractivity contribution in [2.75, 3.05) is 13.1 Å². The molecule has 0 aromatic rings. The molecule has 3 N–H and O–H groups in total. The fourth-order valence-corrected chi connectivity index (χ4v) is 1.88. The zero-order valence-electron chi connectivity index (χ0n) is 8.23. The molecule has 0 radical (unpaired) electrons. The molecular weight excluding hydrogens is 206 g/mol. The van der Waals surface area contributed by atoms with E-state index in [1.807, 2.05) is 0 Å². The highest BCUT2D eigenvalue weighted by Gasteiger charge is 2.34. The predicted molar refractivity (Wildman–Crippen MR) is 51.4 cm³/mol. The number of nitrogens with two attached hydrogens (primary N) is 1. The minimum Gasteiger partial charge on any atom is -0.350 e. The topological polar surface area (TPSA) is 92.5 Å².